The molecule has 0 aliphatic carbocycles. The van der Waals surface area contributed by atoms with Gasteiger partial charge < -0.3 is 19.9 Å². The Morgan fingerprint density at radius 1 is 1.22 bits per heavy atom. The third kappa shape index (κ3) is 5.61. The number of ether oxygens (including phenoxy) is 1. The topological polar surface area (TPSA) is 40.1 Å². The highest BCUT2D eigenvalue weighted by Crippen LogP contribution is 2.21. The fraction of sp³-hybridized carbons (Fsp3) is 0.682. The number of likely N-dealkylation sites (tertiary alicyclic amines) is 2. The smallest absolute Gasteiger partial charge is 0.193 e. The van der Waals surface area contributed by atoms with Crippen LogP contribution in [-0.4, -0.2) is 69.2 Å². The minimum absolute atomic E-state index is 0.781. The number of aliphatic imine (C=N–C) groups is 1. The zero-order valence-corrected chi connectivity index (χ0v) is 17.3. The van der Waals surface area contributed by atoms with Gasteiger partial charge in [-0.1, -0.05) is 18.6 Å². The summed E-state index contributed by atoms with van der Waals surface area (Å²) in [7, 11) is 3.63. The van der Waals surface area contributed by atoms with Crippen molar-refractivity contribution in [3.05, 3.63) is 29.3 Å². The fourth-order valence-electron chi connectivity index (χ4n) is 4.35. The van der Waals surface area contributed by atoms with E-state index in [1.807, 2.05) is 7.05 Å². The Bertz CT molecular complexity index is 625. The predicted molar refractivity (Wildman–Crippen MR) is 113 cm³/mol. The van der Waals surface area contributed by atoms with Gasteiger partial charge in [0.1, 0.15) is 5.75 Å². The summed E-state index contributed by atoms with van der Waals surface area (Å²) in [6.07, 6.45) is 6.43. The van der Waals surface area contributed by atoms with E-state index >= 15 is 0 Å². The largest absolute Gasteiger partial charge is 0.496 e. The Kier molecular flexibility index (Phi) is 7.39. The third-order valence-electron chi connectivity index (χ3n) is 5.93. The SMILES string of the molecule is CN=C(NCCc1ccc(C)c(OC)c1)N1CCC(CN2CCCCC2)C1. The highest BCUT2D eigenvalue weighted by atomic mass is 16.5. The first-order valence-corrected chi connectivity index (χ1v) is 10.5. The molecule has 27 heavy (non-hydrogen) atoms. The van der Waals surface area contributed by atoms with Gasteiger partial charge in [-0.15, -0.1) is 0 Å². The minimum atomic E-state index is 0.781. The standard InChI is InChI=1S/C22H36N4O/c1-18-7-8-19(15-21(18)27-3)9-11-24-22(23-2)26-14-10-20(17-26)16-25-12-5-4-6-13-25/h7-8,15,20H,4-6,9-14,16-17H2,1-3H3,(H,23,24). The molecule has 0 spiro atoms. The number of aryl methyl sites for hydroxylation is 1. The van der Waals surface area contributed by atoms with Crippen molar-refractivity contribution in [1.29, 1.82) is 0 Å². The molecule has 150 valence electrons. The lowest BCUT2D eigenvalue weighted by Gasteiger charge is -2.29. The van der Waals surface area contributed by atoms with Crippen molar-refractivity contribution in [1.82, 2.24) is 15.1 Å². The Morgan fingerprint density at radius 2 is 2.04 bits per heavy atom. The van der Waals surface area contributed by atoms with Crippen molar-refractivity contribution in [3.8, 4) is 5.75 Å². The van der Waals surface area contributed by atoms with Crippen LogP contribution in [0.25, 0.3) is 0 Å². The molecule has 0 amide bonds. The summed E-state index contributed by atoms with van der Waals surface area (Å²) in [5, 5.41) is 3.56. The number of rotatable bonds is 6. The van der Waals surface area contributed by atoms with Gasteiger partial charge in [-0.25, -0.2) is 0 Å². The van der Waals surface area contributed by atoms with Crippen molar-refractivity contribution in [3.63, 3.8) is 0 Å². The molecule has 2 heterocycles. The van der Waals surface area contributed by atoms with E-state index in [9.17, 15) is 0 Å². The maximum atomic E-state index is 5.43. The zero-order valence-electron chi connectivity index (χ0n) is 17.3. The lowest BCUT2D eigenvalue weighted by atomic mass is 10.1. The van der Waals surface area contributed by atoms with Crippen molar-refractivity contribution < 1.29 is 4.74 Å². The number of nitrogens with one attached hydrogen (secondary N) is 1. The lowest BCUT2D eigenvalue weighted by Crippen LogP contribution is -2.41. The summed E-state index contributed by atoms with van der Waals surface area (Å²) in [5.41, 5.74) is 2.48. The number of guanidine groups is 1. The maximum Gasteiger partial charge on any atom is 0.193 e. The van der Waals surface area contributed by atoms with Crippen LogP contribution in [0.2, 0.25) is 0 Å². The average Bonchev–Trinajstić information content (AvgIpc) is 3.15. The Hall–Kier alpha value is -1.75. The third-order valence-corrected chi connectivity index (χ3v) is 5.93. The van der Waals surface area contributed by atoms with Crippen molar-refractivity contribution in [2.75, 3.05) is 53.4 Å². The van der Waals surface area contributed by atoms with Crippen molar-refractivity contribution >= 4 is 5.96 Å². The molecule has 3 rings (SSSR count). The molecule has 2 saturated heterocycles. The first-order chi connectivity index (χ1) is 13.2. The minimum Gasteiger partial charge on any atom is -0.496 e. The van der Waals surface area contributed by atoms with Crippen LogP contribution in [0.4, 0.5) is 0 Å². The molecule has 5 nitrogen and oxygen atoms in total. The molecule has 1 atom stereocenters. The van der Waals surface area contributed by atoms with E-state index in [1.165, 1.54) is 56.4 Å². The molecule has 0 aromatic heterocycles. The summed E-state index contributed by atoms with van der Waals surface area (Å²) < 4.78 is 5.43. The van der Waals surface area contributed by atoms with E-state index in [2.05, 4.69) is 45.2 Å². The van der Waals surface area contributed by atoms with Crippen LogP contribution >= 0.6 is 0 Å². The van der Waals surface area contributed by atoms with Crippen LogP contribution in [-0.2, 0) is 6.42 Å². The van der Waals surface area contributed by atoms with Crippen molar-refractivity contribution in [2.24, 2.45) is 10.9 Å². The Balaban J connectivity index is 1.44. The fourth-order valence-corrected chi connectivity index (χ4v) is 4.35. The van der Waals surface area contributed by atoms with E-state index < -0.39 is 0 Å². The van der Waals surface area contributed by atoms with Gasteiger partial charge >= 0.3 is 0 Å². The number of hydrogen-bond acceptors (Lipinski definition) is 3. The summed E-state index contributed by atoms with van der Waals surface area (Å²) in [4.78, 5) is 9.62. The van der Waals surface area contributed by atoms with E-state index in [0.29, 0.717) is 0 Å². The quantitative estimate of drug-likeness (QED) is 0.616. The summed E-state index contributed by atoms with van der Waals surface area (Å²) in [5.74, 6) is 2.80. The number of nitrogens with zero attached hydrogens (tertiary/aromatic N) is 3. The van der Waals surface area contributed by atoms with Crippen LogP contribution in [0.3, 0.4) is 0 Å². The van der Waals surface area contributed by atoms with Gasteiger partial charge in [0.05, 0.1) is 7.11 Å². The van der Waals surface area contributed by atoms with Crippen molar-refractivity contribution in [2.45, 2.75) is 39.0 Å². The molecule has 1 aromatic carbocycles. The molecule has 1 unspecified atom stereocenters. The Morgan fingerprint density at radius 3 is 2.78 bits per heavy atom. The predicted octanol–water partition coefficient (Wildman–Crippen LogP) is 2.93. The van der Waals surface area contributed by atoms with Crippen LogP contribution in [0.5, 0.6) is 5.75 Å². The molecule has 0 saturated carbocycles. The maximum absolute atomic E-state index is 5.43. The monoisotopic (exact) mass is 372 g/mol. The summed E-state index contributed by atoms with van der Waals surface area (Å²) in [6, 6.07) is 6.46. The molecule has 2 fully saturated rings. The van der Waals surface area contributed by atoms with Crippen LogP contribution in [0.1, 0.15) is 36.8 Å². The molecule has 0 radical (unpaired) electrons. The first kappa shape index (κ1) is 20.0. The van der Waals surface area contributed by atoms with E-state index in [0.717, 1.165) is 43.7 Å². The molecular weight excluding hydrogens is 336 g/mol. The van der Waals surface area contributed by atoms with Gasteiger partial charge in [0, 0.05) is 33.2 Å². The van der Waals surface area contributed by atoms with Gasteiger partial charge in [-0.05, 0) is 68.8 Å². The highest BCUT2D eigenvalue weighted by Gasteiger charge is 2.26. The second-order valence-electron chi connectivity index (χ2n) is 7.99. The molecule has 2 aliphatic heterocycles. The molecule has 1 N–H and O–H groups in total. The molecular formula is C22H36N4O. The lowest BCUT2D eigenvalue weighted by molar-refractivity contribution is 0.198. The van der Waals surface area contributed by atoms with E-state index in [1.54, 1.807) is 7.11 Å². The van der Waals surface area contributed by atoms with Gasteiger partial charge in [0.15, 0.2) is 5.96 Å². The summed E-state index contributed by atoms with van der Waals surface area (Å²) >= 11 is 0. The summed E-state index contributed by atoms with van der Waals surface area (Å²) in [6.45, 7) is 9.08. The number of piperidine rings is 1. The highest BCUT2D eigenvalue weighted by molar-refractivity contribution is 5.80. The zero-order chi connectivity index (χ0) is 19.1. The molecule has 0 bridgehead atoms. The van der Waals surface area contributed by atoms with Crippen LogP contribution in [0, 0.1) is 12.8 Å². The van der Waals surface area contributed by atoms with E-state index in [-0.39, 0.29) is 0 Å². The number of benzene rings is 1. The van der Waals surface area contributed by atoms with Crippen LogP contribution in [0.15, 0.2) is 23.2 Å². The number of hydrogen-bond donors (Lipinski definition) is 1. The van der Waals surface area contributed by atoms with Gasteiger partial charge in [0.25, 0.3) is 0 Å². The molecule has 5 heteroatoms. The first-order valence-electron chi connectivity index (χ1n) is 10.5. The van der Waals surface area contributed by atoms with Gasteiger partial charge in [0.2, 0.25) is 0 Å². The van der Waals surface area contributed by atoms with Crippen LogP contribution < -0.4 is 10.1 Å². The second-order valence-corrected chi connectivity index (χ2v) is 7.99. The average molecular weight is 373 g/mol. The second kappa shape index (κ2) is 9.98. The number of methoxy groups -OCH3 is 1. The van der Waals surface area contributed by atoms with E-state index in [4.69, 9.17) is 4.74 Å². The van der Waals surface area contributed by atoms with Gasteiger partial charge in [-0.2, -0.15) is 0 Å². The Labute approximate surface area is 164 Å². The van der Waals surface area contributed by atoms with Gasteiger partial charge in [-0.3, -0.25) is 4.99 Å². The molecule has 1 aromatic rings. The normalized spacial score (nSPS) is 21.5. The molecule has 2 aliphatic rings.